The predicted octanol–water partition coefficient (Wildman–Crippen LogP) is 4.50. The van der Waals surface area contributed by atoms with Crippen molar-refractivity contribution >= 4 is 29.1 Å². The van der Waals surface area contributed by atoms with Crippen molar-refractivity contribution in [1.82, 2.24) is 14.8 Å². The molecule has 0 aliphatic rings. The van der Waals surface area contributed by atoms with Crippen molar-refractivity contribution in [1.29, 1.82) is 0 Å². The van der Waals surface area contributed by atoms with E-state index in [1.165, 1.54) is 24.2 Å². The zero-order valence-corrected chi connectivity index (χ0v) is 17.8. The molecule has 3 aromatic rings. The summed E-state index contributed by atoms with van der Waals surface area (Å²) in [5.74, 6) is 0.659. The molecule has 0 bridgehead atoms. The number of ketones is 1. The third-order valence-corrected chi connectivity index (χ3v) is 6.01. The molecule has 0 aliphatic heterocycles. The number of aromatic nitrogens is 3. The Balaban J connectivity index is 1.71. The van der Waals surface area contributed by atoms with Crippen LogP contribution in [0.1, 0.15) is 36.2 Å². The molecule has 3 rings (SSSR count). The average Bonchev–Trinajstić information content (AvgIpc) is 3.07. The van der Waals surface area contributed by atoms with E-state index in [-0.39, 0.29) is 16.9 Å². The van der Waals surface area contributed by atoms with Gasteiger partial charge in [-0.05, 0) is 44.5 Å². The third kappa shape index (κ3) is 4.92. The highest BCUT2D eigenvalue weighted by Crippen LogP contribution is 2.28. The second-order valence-corrected chi connectivity index (χ2v) is 8.04. The van der Waals surface area contributed by atoms with Crippen molar-refractivity contribution in [2.75, 3.05) is 5.32 Å². The molecule has 1 atom stereocenters. The van der Waals surface area contributed by atoms with E-state index in [9.17, 15) is 9.59 Å². The van der Waals surface area contributed by atoms with Crippen molar-refractivity contribution < 1.29 is 9.59 Å². The number of hydrogen-bond acceptors (Lipinski definition) is 5. The van der Waals surface area contributed by atoms with Crippen molar-refractivity contribution in [3.8, 4) is 11.4 Å². The lowest BCUT2D eigenvalue weighted by Gasteiger charge is -2.14. The van der Waals surface area contributed by atoms with Gasteiger partial charge in [-0.1, -0.05) is 48.5 Å². The minimum absolute atomic E-state index is 0.00321. The number of thioether (sulfide) groups is 1. The quantitative estimate of drug-likeness (QED) is 0.460. The van der Waals surface area contributed by atoms with Gasteiger partial charge in [-0.3, -0.25) is 9.59 Å². The fourth-order valence-electron chi connectivity index (χ4n) is 2.83. The van der Waals surface area contributed by atoms with E-state index in [1.54, 1.807) is 24.3 Å². The molecule has 0 saturated heterocycles. The van der Waals surface area contributed by atoms with E-state index in [0.29, 0.717) is 22.8 Å². The fraction of sp³-hybridized carbons (Fsp3) is 0.273. The lowest BCUT2D eigenvalue weighted by atomic mass is 10.1. The van der Waals surface area contributed by atoms with Crippen LogP contribution in [-0.4, -0.2) is 31.7 Å². The summed E-state index contributed by atoms with van der Waals surface area (Å²) in [6, 6.07) is 15.0. The number of carbonyl (C=O) groups is 2. The summed E-state index contributed by atoms with van der Waals surface area (Å²) in [4.78, 5) is 24.1. The highest BCUT2D eigenvalue weighted by molar-refractivity contribution is 8.00. The van der Waals surface area contributed by atoms with Gasteiger partial charge in [0.1, 0.15) is 0 Å². The zero-order valence-electron chi connectivity index (χ0n) is 17.0. The van der Waals surface area contributed by atoms with Crippen LogP contribution >= 0.6 is 11.8 Å². The Morgan fingerprint density at radius 3 is 2.31 bits per heavy atom. The summed E-state index contributed by atoms with van der Waals surface area (Å²) >= 11 is 1.39. The number of anilines is 1. The number of benzene rings is 2. The number of hydrogen-bond donors (Lipinski definition) is 1. The first-order valence-corrected chi connectivity index (χ1v) is 10.3. The Morgan fingerprint density at radius 2 is 1.72 bits per heavy atom. The van der Waals surface area contributed by atoms with E-state index >= 15 is 0 Å². The second kappa shape index (κ2) is 9.05. The largest absolute Gasteiger partial charge is 0.325 e. The van der Waals surface area contributed by atoms with E-state index in [2.05, 4.69) is 15.5 Å². The van der Waals surface area contributed by atoms with Crippen LogP contribution in [-0.2, 0) is 11.8 Å². The Kier molecular flexibility index (Phi) is 6.49. The molecule has 0 spiro atoms. The molecule has 0 fully saturated rings. The van der Waals surface area contributed by atoms with Crippen LogP contribution in [0, 0.1) is 6.92 Å². The molecule has 150 valence electrons. The van der Waals surface area contributed by atoms with Gasteiger partial charge in [0.15, 0.2) is 16.8 Å². The van der Waals surface area contributed by atoms with Gasteiger partial charge in [-0.15, -0.1) is 10.2 Å². The highest BCUT2D eigenvalue weighted by Gasteiger charge is 2.22. The second-order valence-electron chi connectivity index (χ2n) is 6.87. The number of carbonyl (C=O) groups excluding carboxylic acids is 2. The van der Waals surface area contributed by atoms with Gasteiger partial charge >= 0.3 is 0 Å². The van der Waals surface area contributed by atoms with Crippen LogP contribution in [0.3, 0.4) is 0 Å². The SMILES string of the molecule is CCC(Sc1nnc(-c2ccc(C)cc2)n1C)C(=O)Nc1ccc(C(C)=O)cc1. The van der Waals surface area contributed by atoms with Crippen LogP contribution in [0.4, 0.5) is 5.69 Å². The topological polar surface area (TPSA) is 76.9 Å². The van der Waals surface area contributed by atoms with E-state index in [1.807, 2.05) is 49.7 Å². The summed E-state index contributed by atoms with van der Waals surface area (Å²) in [7, 11) is 1.91. The Hall–Kier alpha value is -2.93. The maximum Gasteiger partial charge on any atom is 0.237 e. The van der Waals surface area contributed by atoms with Crippen molar-refractivity contribution in [3.63, 3.8) is 0 Å². The summed E-state index contributed by atoms with van der Waals surface area (Å²) in [5, 5.41) is 11.9. The average molecular weight is 409 g/mol. The van der Waals surface area contributed by atoms with Crippen LogP contribution in [0.2, 0.25) is 0 Å². The van der Waals surface area contributed by atoms with E-state index in [0.717, 1.165) is 11.4 Å². The van der Waals surface area contributed by atoms with Gasteiger partial charge in [0.2, 0.25) is 5.91 Å². The number of nitrogens with zero attached hydrogens (tertiary/aromatic N) is 3. The lowest BCUT2D eigenvalue weighted by molar-refractivity contribution is -0.115. The monoisotopic (exact) mass is 408 g/mol. The number of nitrogens with one attached hydrogen (secondary N) is 1. The normalized spacial score (nSPS) is 11.9. The molecule has 0 saturated carbocycles. The molecular weight excluding hydrogens is 384 g/mol. The third-order valence-electron chi connectivity index (χ3n) is 4.61. The van der Waals surface area contributed by atoms with Crippen molar-refractivity contribution in [2.24, 2.45) is 7.05 Å². The van der Waals surface area contributed by atoms with Crippen LogP contribution in [0.25, 0.3) is 11.4 Å². The standard InChI is InChI=1S/C22H24N4O2S/c1-5-19(21(28)23-18-12-10-16(11-13-18)15(3)27)29-22-25-24-20(26(22)4)17-8-6-14(2)7-9-17/h6-13,19H,5H2,1-4H3,(H,23,28). The number of aryl methyl sites for hydroxylation is 1. The van der Waals surface area contributed by atoms with Gasteiger partial charge in [-0.25, -0.2) is 0 Å². The lowest BCUT2D eigenvalue weighted by Crippen LogP contribution is -2.25. The molecule has 1 heterocycles. The smallest absolute Gasteiger partial charge is 0.237 e. The molecule has 29 heavy (non-hydrogen) atoms. The highest BCUT2D eigenvalue weighted by atomic mass is 32.2. The first-order chi connectivity index (χ1) is 13.9. The van der Waals surface area contributed by atoms with Gasteiger partial charge in [0, 0.05) is 23.9 Å². The first-order valence-electron chi connectivity index (χ1n) is 9.44. The predicted molar refractivity (Wildman–Crippen MR) is 116 cm³/mol. The summed E-state index contributed by atoms with van der Waals surface area (Å²) in [6.07, 6.45) is 0.648. The molecule has 1 amide bonds. The maximum absolute atomic E-state index is 12.7. The molecule has 0 radical (unpaired) electrons. The van der Waals surface area contributed by atoms with Gasteiger partial charge in [-0.2, -0.15) is 0 Å². The molecular formula is C22H24N4O2S. The summed E-state index contributed by atoms with van der Waals surface area (Å²) in [6.45, 7) is 5.52. The molecule has 0 aliphatic carbocycles. The molecule has 7 heteroatoms. The van der Waals surface area contributed by atoms with E-state index in [4.69, 9.17) is 0 Å². The van der Waals surface area contributed by atoms with Crippen LogP contribution < -0.4 is 5.32 Å². The number of rotatable bonds is 7. The number of Topliss-reactive ketones (excluding diaryl/α,β-unsaturated/α-hetero) is 1. The van der Waals surface area contributed by atoms with Gasteiger partial charge < -0.3 is 9.88 Å². The van der Waals surface area contributed by atoms with Crippen LogP contribution in [0.5, 0.6) is 0 Å². The molecule has 2 aromatic carbocycles. The molecule has 1 unspecified atom stereocenters. The first kappa shape index (κ1) is 20.8. The summed E-state index contributed by atoms with van der Waals surface area (Å²) in [5.41, 5.74) is 3.45. The summed E-state index contributed by atoms with van der Waals surface area (Å²) < 4.78 is 1.91. The minimum Gasteiger partial charge on any atom is -0.325 e. The molecule has 1 aromatic heterocycles. The Labute approximate surface area is 174 Å². The maximum atomic E-state index is 12.7. The zero-order chi connectivity index (χ0) is 21.0. The van der Waals surface area contributed by atoms with Crippen molar-refractivity contribution in [3.05, 3.63) is 59.7 Å². The fourth-order valence-corrected chi connectivity index (χ4v) is 3.75. The molecule has 6 nitrogen and oxygen atoms in total. The minimum atomic E-state index is -0.309. The van der Waals surface area contributed by atoms with Gasteiger partial charge in [0.25, 0.3) is 0 Å². The van der Waals surface area contributed by atoms with E-state index < -0.39 is 0 Å². The Bertz CT molecular complexity index is 1010. The Morgan fingerprint density at radius 1 is 1.07 bits per heavy atom. The van der Waals surface area contributed by atoms with Crippen LogP contribution in [0.15, 0.2) is 53.7 Å². The molecule has 1 N–H and O–H groups in total. The number of amides is 1. The van der Waals surface area contributed by atoms with Crippen molar-refractivity contribution in [2.45, 2.75) is 37.6 Å². The van der Waals surface area contributed by atoms with Gasteiger partial charge in [0.05, 0.1) is 5.25 Å².